The lowest BCUT2D eigenvalue weighted by Crippen LogP contribution is -2.28. The molecule has 0 bridgehead atoms. The molecule has 1 saturated heterocycles. The highest BCUT2D eigenvalue weighted by atomic mass is 32.2. The van der Waals surface area contributed by atoms with Gasteiger partial charge in [-0.15, -0.1) is 0 Å². The topological polar surface area (TPSA) is 92.5 Å². The lowest BCUT2D eigenvalue weighted by molar-refractivity contribution is -0.125. The predicted molar refractivity (Wildman–Crippen MR) is 85.5 cm³/mol. The molecule has 0 atom stereocenters. The van der Waals surface area contributed by atoms with E-state index in [9.17, 15) is 14.4 Å². The Balaban J connectivity index is 1.96. The predicted octanol–water partition coefficient (Wildman–Crippen LogP) is 1.35. The number of imide groups is 1. The zero-order valence-electron chi connectivity index (χ0n) is 12.2. The van der Waals surface area contributed by atoms with Crippen molar-refractivity contribution < 1.29 is 14.4 Å². The van der Waals surface area contributed by atoms with Gasteiger partial charge in [0.2, 0.25) is 5.91 Å². The Hall–Kier alpha value is -1.86. The minimum absolute atomic E-state index is 0.160. The lowest BCUT2D eigenvalue weighted by Gasteiger charge is -2.13. The van der Waals surface area contributed by atoms with Gasteiger partial charge < -0.3 is 11.1 Å². The van der Waals surface area contributed by atoms with E-state index in [0.717, 1.165) is 30.2 Å². The van der Waals surface area contributed by atoms with E-state index < -0.39 is 0 Å². The van der Waals surface area contributed by atoms with E-state index in [1.54, 1.807) is 24.3 Å². The average Bonchev–Trinajstić information content (AvgIpc) is 2.83. The molecule has 0 unspecified atom stereocenters. The molecule has 3 amide bonds. The van der Waals surface area contributed by atoms with Crippen LogP contribution in [0.5, 0.6) is 0 Å². The molecular weight excluding hydrogens is 302 g/mol. The number of nitrogens with one attached hydrogen (secondary N) is 1. The molecule has 0 spiro atoms. The van der Waals surface area contributed by atoms with Crippen molar-refractivity contribution in [2.75, 3.05) is 18.8 Å². The second kappa shape index (κ2) is 7.95. The number of thioether (sulfide) groups is 1. The van der Waals surface area contributed by atoms with Crippen molar-refractivity contribution in [3.05, 3.63) is 35.4 Å². The molecule has 0 radical (unpaired) electrons. The molecule has 2 rings (SSSR count). The number of nitrogens with two attached hydrogens (primary N) is 1. The average molecular weight is 321 g/mol. The number of carbonyl (C=O) groups is 3. The van der Waals surface area contributed by atoms with E-state index in [4.69, 9.17) is 5.73 Å². The van der Waals surface area contributed by atoms with E-state index in [1.807, 2.05) is 0 Å². The first-order valence-electron chi connectivity index (χ1n) is 7.16. The van der Waals surface area contributed by atoms with E-state index in [-0.39, 0.29) is 29.4 Å². The maximum absolute atomic E-state index is 12.0. The molecule has 1 fully saturated rings. The summed E-state index contributed by atoms with van der Waals surface area (Å²) < 4.78 is 0. The minimum atomic E-state index is -0.235. The third kappa shape index (κ3) is 4.32. The van der Waals surface area contributed by atoms with Crippen molar-refractivity contribution >= 4 is 28.8 Å². The van der Waals surface area contributed by atoms with Gasteiger partial charge in [0, 0.05) is 12.1 Å². The molecule has 1 aliphatic rings. The highest BCUT2D eigenvalue weighted by Gasteiger charge is 2.29. The van der Waals surface area contributed by atoms with Gasteiger partial charge in [0.05, 0.1) is 12.3 Å². The summed E-state index contributed by atoms with van der Waals surface area (Å²) in [7, 11) is 0. The smallest absolute Gasteiger partial charge is 0.289 e. The number of nitrogens with zero attached hydrogens (tertiary/aromatic N) is 1. The van der Waals surface area contributed by atoms with Crippen LogP contribution >= 0.6 is 11.8 Å². The van der Waals surface area contributed by atoms with Crippen molar-refractivity contribution in [1.29, 1.82) is 0 Å². The maximum atomic E-state index is 12.0. The Morgan fingerprint density at radius 1 is 1.32 bits per heavy atom. The molecule has 118 valence electrons. The molecule has 3 N–H and O–H groups in total. The Labute approximate surface area is 133 Å². The fraction of sp³-hybridized carbons (Fsp3) is 0.400. The molecule has 1 aromatic rings. The van der Waals surface area contributed by atoms with E-state index in [1.165, 1.54) is 4.90 Å². The molecule has 6 nitrogen and oxygen atoms in total. The van der Waals surface area contributed by atoms with Crippen LogP contribution in [0.15, 0.2) is 24.3 Å². The summed E-state index contributed by atoms with van der Waals surface area (Å²) in [6, 6.07) is 6.98. The van der Waals surface area contributed by atoms with Crippen molar-refractivity contribution in [3.8, 4) is 0 Å². The first-order chi connectivity index (χ1) is 10.6. The molecule has 0 saturated carbocycles. The molecule has 0 aromatic heterocycles. The van der Waals surface area contributed by atoms with Gasteiger partial charge in [-0.1, -0.05) is 23.9 Å². The van der Waals surface area contributed by atoms with E-state index in [2.05, 4.69) is 5.32 Å². The van der Waals surface area contributed by atoms with Gasteiger partial charge >= 0.3 is 0 Å². The maximum Gasteiger partial charge on any atom is 0.289 e. The van der Waals surface area contributed by atoms with Crippen LogP contribution in [0, 0.1) is 0 Å². The standard InChI is InChI=1S/C15H19N3O3S/c16-6-1-2-7-17-14(20)12-5-3-4-11(8-12)9-18-13(19)10-22-15(18)21/h3-5,8H,1-2,6-7,9-10,16H2,(H,17,20). The summed E-state index contributed by atoms with van der Waals surface area (Å²) >= 11 is 1.01. The van der Waals surface area contributed by atoms with Crippen LogP contribution in [0.3, 0.4) is 0 Å². The van der Waals surface area contributed by atoms with Crippen LogP contribution in [0.4, 0.5) is 4.79 Å². The van der Waals surface area contributed by atoms with Crippen LogP contribution in [-0.2, 0) is 11.3 Å². The number of rotatable bonds is 7. The first-order valence-corrected chi connectivity index (χ1v) is 8.14. The minimum Gasteiger partial charge on any atom is -0.352 e. The quantitative estimate of drug-likeness (QED) is 0.740. The van der Waals surface area contributed by atoms with E-state index >= 15 is 0 Å². The summed E-state index contributed by atoms with van der Waals surface area (Å²) in [5, 5.41) is 2.59. The zero-order chi connectivity index (χ0) is 15.9. The van der Waals surface area contributed by atoms with Crippen LogP contribution in [0.2, 0.25) is 0 Å². The number of hydrogen-bond donors (Lipinski definition) is 2. The Morgan fingerprint density at radius 2 is 2.14 bits per heavy atom. The molecule has 22 heavy (non-hydrogen) atoms. The van der Waals surface area contributed by atoms with Crippen LogP contribution in [-0.4, -0.2) is 40.8 Å². The lowest BCUT2D eigenvalue weighted by atomic mass is 10.1. The largest absolute Gasteiger partial charge is 0.352 e. The van der Waals surface area contributed by atoms with Crippen molar-refractivity contribution in [3.63, 3.8) is 0 Å². The third-order valence-electron chi connectivity index (χ3n) is 3.29. The SMILES string of the molecule is NCCCCNC(=O)c1cccc(CN2C(=O)CSC2=O)c1. The number of hydrogen-bond acceptors (Lipinski definition) is 5. The van der Waals surface area contributed by atoms with Gasteiger partial charge in [0.15, 0.2) is 0 Å². The molecule has 0 aliphatic carbocycles. The number of benzene rings is 1. The van der Waals surface area contributed by atoms with Gasteiger partial charge in [-0.3, -0.25) is 19.3 Å². The van der Waals surface area contributed by atoms with Crippen LogP contribution < -0.4 is 11.1 Å². The zero-order valence-corrected chi connectivity index (χ0v) is 13.0. The van der Waals surface area contributed by atoms with Crippen LogP contribution in [0.1, 0.15) is 28.8 Å². The summed E-state index contributed by atoms with van der Waals surface area (Å²) in [6.07, 6.45) is 1.72. The monoisotopic (exact) mass is 321 g/mol. The summed E-state index contributed by atoms with van der Waals surface area (Å²) in [5.74, 6) is -0.154. The second-order valence-corrected chi connectivity index (χ2v) is 5.91. The van der Waals surface area contributed by atoms with Crippen LogP contribution in [0.25, 0.3) is 0 Å². The molecular formula is C15H19N3O3S. The van der Waals surface area contributed by atoms with Gasteiger partial charge in [-0.2, -0.15) is 0 Å². The normalized spacial score (nSPS) is 14.5. The van der Waals surface area contributed by atoms with Crippen molar-refractivity contribution in [2.24, 2.45) is 5.73 Å². The van der Waals surface area contributed by atoms with Gasteiger partial charge in [0.25, 0.3) is 11.1 Å². The summed E-state index contributed by atoms with van der Waals surface area (Å²) in [4.78, 5) is 36.4. The highest BCUT2D eigenvalue weighted by Crippen LogP contribution is 2.21. The summed E-state index contributed by atoms with van der Waals surface area (Å²) in [6.45, 7) is 1.40. The highest BCUT2D eigenvalue weighted by molar-refractivity contribution is 8.14. The Morgan fingerprint density at radius 3 is 2.82 bits per heavy atom. The van der Waals surface area contributed by atoms with Gasteiger partial charge in [-0.05, 0) is 37.1 Å². The molecule has 1 heterocycles. The third-order valence-corrected chi connectivity index (χ3v) is 4.15. The number of carbonyl (C=O) groups excluding carboxylic acids is 3. The Kier molecular flexibility index (Phi) is 5.97. The van der Waals surface area contributed by atoms with Crippen molar-refractivity contribution in [2.45, 2.75) is 19.4 Å². The fourth-order valence-corrected chi connectivity index (χ4v) is 2.83. The molecule has 1 aromatic carbocycles. The van der Waals surface area contributed by atoms with E-state index in [0.29, 0.717) is 18.7 Å². The first kappa shape index (κ1) is 16.5. The number of amides is 3. The number of unbranched alkanes of at least 4 members (excludes halogenated alkanes) is 1. The fourth-order valence-electron chi connectivity index (χ4n) is 2.10. The summed E-state index contributed by atoms with van der Waals surface area (Å²) in [5.41, 5.74) is 6.69. The molecule has 1 aliphatic heterocycles. The van der Waals surface area contributed by atoms with Gasteiger partial charge in [-0.25, -0.2) is 0 Å². The Bertz CT molecular complexity index is 561. The second-order valence-electron chi connectivity index (χ2n) is 4.99. The van der Waals surface area contributed by atoms with Crippen molar-refractivity contribution in [1.82, 2.24) is 10.2 Å². The van der Waals surface area contributed by atoms with Gasteiger partial charge in [0.1, 0.15) is 0 Å². The molecule has 7 heteroatoms.